The second-order valence-electron chi connectivity index (χ2n) is 3.17. The van der Waals surface area contributed by atoms with E-state index in [-0.39, 0.29) is 11.3 Å². The second kappa shape index (κ2) is 6.80. The summed E-state index contributed by atoms with van der Waals surface area (Å²) in [5.41, 5.74) is 2.71. The summed E-state index contributed by atoms with van der Waals surface area (Å²) in [6.45, 7) is 3.97. The molecule has 1 aromatic rings. The molecule has 0 fully saturated rings. The Hall–Kier alpha value is -1.59. The minimum atomic E-state index is -0.986. The van der Waals surface area contributed by atoms with Crippen LogP contribution in [0.4, 0.5) is 0 Å². The molecule has 0 bridgehead atoms. The number of carboxylic acid groups (broad SMARTS) is 1. The monoisotopic (exact) mass is 212 g/mol. The number of aromatic hydroxyl groups is 1. The van der Waals surface area contributed by atoms with Gasteiger partial charge in [0.1, 0.15) is 5.75 Å². The maximum absolute atomic E-state index is 10.2. The number of nitrogens with two attached hydrogens (primary N) is 1. The number of rotatable bonds is 2. The van der Waals surface area contributed by atoms with E-state index in [0.29, 0.717) is 6.04 Å². The molecule has 15 heavy (non-hydrogen) atoms. The zero-order chi connectivity index (χ0) is 11.8. The van der Waals surface area contributed by atoms with Crippen molar-refractivity contribution in [2.75, 3.05) is 0 Å². The first-order valence-electron chi connectivity index (χ1n) is 4.45. The van der Waals surface area contributed by atoms with E-state index in [4.69, 9.17) is 16.1 Å². The topological polar surface area (TPSA) is 95.6 Å². The fourth-order valence-corrected chi connectivity index (χ4v) is 0.604. The summed E-state index contributed by atoms with van der Waals surface area (Å²) in [6, 6.07) is 5.78. The van der Waals surface area contributed by atoms with Crippen LogP contribution >= 0.6 is 0 Å². The molecule has 0 aromatic heterocycles. The van der Waals surface area contributed by atoms with Crippen molar-refractivity contribution >= 4 is 5.97 Å². The molecule has 0 heterocycles. The lowest BCUT2D eigenvalue weighted by Gasteiger charge is -1.95. The molecule has 1 rings (SSSR count). The molecule has 5 N–H and O–H groups in total. The number of benzene rings is 1. The normalized spacial score (nSPS) is 9.33. The maximum Gasteiger partial charge on any atom is 0.335 e. The molecule has 0 aliphatic heterocycles. The lowest BCUT2D eigenvalue weighted by atomic mass is 10.2. The standard InChI is InChI=1S/C7H6O3.C3H10N2/c8-6-3-1-5(2-4-6)7(9)10;1-3(2)5-4/h1-4,8H,(H,9,10);3,5H,4H2,1-2H3. The predicted octanol–water partition coefficient (Wildman–Crippen LogP) is 0.948. The van der Waals surface area contributed by atoms with Crippen molar-refractivity contribution < 1.29 is 15.0 Å². The number of hydrogen-bond acceptors (Lipinski definition) is 4. The Bertz CT molecular complexity index is 296. The molecule has 84 valence electrons. The summed E-state index contributed by atoms with van der Waals surface area (Å²) < 4.78 is 0. The van der Waals surface area contributed by atoms with Gasteiger partial charge in [-0.3, -0.25) is 11.3 Å². The van der Waals surface area contributed by atoms with Gasteiger partial charge in [0.25, 0.3) is 0 Å². The minimum Gasteiger partial charge on any atom is -0.508 e. The number of nitrogens with one attached hydrogen (secondary N) is 1. The van der Waals surface area contributed by atoms with Crippen molar-refractivity contribution in [2.24, 2.45) is 5.84 Å². The third-order valence-corrected chi connectivity index (χ3v) is 1.45. The van der Waals surface area contributed by atoms with E-state index < -0.39 is 5.97 Å². The van der Waals surface area contributed by atoms with Gasteiger partial charge in [0.2, 0.25) is 0 Å². The quantitative estimate of drug-likeness (QED) is 0.432. The van der Waals surface area contributed by atoms with Crippen molar-refractivity contribution in [1.82, 2.24) is 5.43 Å². The molecule has 0 atom stereocenters. The van der Waals surface area contributed by atoms with E-state index in [2.05, 4.69) is 5.43 Å². The smallest absolute Gasteiger partial charge is 0.335 e. The maximum atomic E-state index is 10.2. The van der Waals surface area contributed by atoms with Crippen LogP contribution in [0.1, 0.15) is 24.2 Å². The fraction of sp³-hybridized carbons (Fsp3) is 0.300. The zero-order valence-corrected chi connectivity index (χ0v) is 8.77. The average Bonchev–Trinajstić information content (AvgIpc) is 2.19. The first-order valence-corrected chi connectivity index (χ1v) is 4.45. The molecule has 0 unspecified atom stereocenters. The Morgan fingerprint density at radius 2 is 1.73 bits per heavy atom. The molecule has 0 amide bonds. The van der Waals surface area contributed by atoms with Crippen molar-refractivity contribution in [1.29, 1.82) is 0 Å². The highest BCUT2D eigenvalue weighted by Crippen LogP contribution is 2.08. The third-order valence-electron chi connectivity index (χ3n) is 1.45. The average molecular weight is 212 g/mol. The van der Waals surface area contributed by atoms with Gasteiger partial charge in [0.15, 0.2) is 0 Å². The van der Waals surface area contributed by atoms with E-state index in [1.165, 1.54) is 24.3 Å². The highest BCUT2D eigenvalue weighted by atomic mass is 16.4. The summed E-state index contributed by atoms with van der Waals surface area (Å²) in [4.78, 5) is 10.2. The summed E-state index contributed by atoms with van der Waals surface area (Å²) >= 11 is 0. The molecule has 0 spiro atoms. The Labute approximate surface area is 88.5 Å². The molecular weight excluding hydrogens is 196 g/mol. The Kier molecular flexibility index (Phi) is 6.08. The van der Waals surface area contributed by atoms with Crippen LogP contribution in [0.25, 0.3) is 0 Å². The van der Waals surface area contributed by atoms with E-state index in [1.54, 1.807) is 0 Å². The molecule has 1 aromatic carbocycles. The Balaban J connectivity index is 0.000000336. The molecule has 0 saturated heterocycles. The van der Waals surface area contributed by atoms with Crippen LogP contribution in [0.15, 0.2) is 24.3 Å². The minimum absolute atomic E-state index is 0.0741. The lowest BCUT2D eigenvalue weighted by Crippen LogP contribution is -2.29. The number of aromatic carboxylic acids is 1. The van der Waals surface area contributed by atoms with Crippen molar-refractivity contribution in [3.05, 3.63) is 29.8 Å². The molecule has 0 aliphatic carbocycles. The van der Waals surface area contributed by atoms with Crippen LogP contribution in [0.3, 0.4) is 0 Å². The van der Waals surface area contributed by atoms with Gasteiger partial charge in [-0.2, -0.15) is 0 Å². The van der Waals surface area contributed by atoms with Gasteiger partial charge in [-0.05, 0) is 38.1 Å². The number of phenols is 1. The van der Waals surface area contributed by atoms with E-state index in [0.717, 1.165) is 0 Å². The first kappa shape index (κ1) is 13.4. The van der Waals surface area contributed by atoms with Gasteiger partial charge in [-0.25, -0.2) is 4.79 Å². The Morgan fingerprint density at radius 1 is 1.33 bits per heavy atom. The van der Waals surface area contributed by atoms with Crippen LogP contribution < -0.4 is 11.3 Å². The zero-order valence-electron chi connectivity index (χ0n) is 8.77. The first-order chi connectivity index (χ1) is 6.97. The highest BCUT2D eigenvalue weighted by Gasteiger charge is 1.99. The van der Waals surface area contributed by atoms with Gasteiger partial charge in [-0.1, -0.05) is 0 Å². The molecule has 0 radical (unpaired) electrons. The number of carboxylic acids is 1. The molecular formula is C10H16N2O3. The summed E-state index contributed by atoms with van der Waals surface area (Å²) in [5.74, 6) is 4.01. The van der Waals surface area contributed by atoms with Crippen molar-refractivity contribution in [3.8, 4) is 5.75 Å². The lowest BCUT2D eigenvalue weighted by molar-refractivity contribution is 0.0697. The Morgan fingerprint density at radius 3 is 2.00 bits per heavy atom. The van der Waals surface area contributed by atoms with Crippen LogP contribution in [0, 0.1) is 0 Å². The van der Waals surface area contributed by atoms with E-state index in [1.807, 2.05) is 13.8 Å². The van der Waals surface area contributed by atoms with Crippen LogP contribution in [-0.4, -0.2) is 22.2 Å². The number of hydrogen-bond donors (Lipinski definition) is 4. The molecule has 5 nitrogen and oxygen atoms in total. The second-order valence-corrected chi connectivity index (χ2v) is 3.17. The van der Waals surface area contributed by atoms with Crippen LogP contribution in [0.2, 0.25) is 0 Å². The number of carbonyl (C=O) groups is 1. The summed E-state index contributed by atoms with van der Waals surface area (Å²) in [5, 5.41) is 17.1. The SMILES string of the molecule is CC(C)NN.O=C(O)c1ccc(O)cc1. The highest BCUT2D eigenvalue weighted by molar-refractivity contribution is 5.87. The summed E-state index contributed by atoms with van der Waals surface area (Å²) in [7, 11) is 0. The molecule has 5 heteroatoms. The van der Waals surface area contributed by atoms with Gasteiger partial charge in [-0.15, -0.1) is 0 Å². The van der Waals surface area contributed by atoms with E-state index >= 15 is 0 Å². The largest absolute Gasteiger partial charge is 0.508 e. The predicted molar refractivity (Wildman–Crippen MR) is 57.5 cm³/mol. The van der Waals surface area contributed by atoms with E-state index in [9.17, 15) is 4.79 Å². The van der Waals surface area contributed by atoms with Crippen LogP contribution in [-0.2, 0) is 0 Å². The van der Waals surface area contributed by atoms with Gasteiger partial charge >= 0.3 is 5.97 Å². The molecule has 0 saturated carbocycles. The van der Waals surface area contributed by atoms with Gasteiger partial charge < -0.3 is 10.2 Å². The van der Waals surface area contributed by atoms with Crippen molar-refractivity contribution in [3.63, 3.8) is 0 Å². The fourth-order valence-electron chi connectivity index (χ4n) is 0.604. The van der Waals surface area contributed by atoms with Gasteiger partial charge in [0, 0.05) is 6.04 Å². The molecule has 0 aliphatic rings. The number of phenolic OH excluding ortho intramolecular Hbond substituents is 1. The van der Waals surface area contributed by atoms with Gasteiger partial charge in [0.05, 0.1) is 5.56 Å². The van der Waals surface area contributed by atoms with Crippen molar-refractivity contribution in [2.45, 2.75) is 19.9 Å². The number of hydrazine groups is 1. The van der Waals surface area contributed by atoms with Crippen LogP contribution in [0.5, 0.6) is 5.75 Å². The third kappa shape index (κ3) is 6.48. The summed E-state index contributed by atoms with van der Waals surface area (Å²) in [6.07, 6.45) is 0.